The van der Waals surface area contributed by atoms with E-state index in [9.17, 15) is 20.1 Å². The van der Waals surface area contributed by atoms with Crippen molar-refractivity contribution >= 4 is 29.4 Å². The number of nitrogens with one attached hydrogen (secondary N) is 1. The summed E-state index contributed by atoms with van der Waals surface area (Å²) in [5, 5.41) is 31.7. The van der Waals surface area contributed by atoms with Crippen molar-refractivity contribution in [2.75, 3.05) is 31.8 Å². The number of carbonyl (C=O) groups excluding carboxylic acids is 1. The number of thioether (sulfide) groups is 1. The van der Waals surface area contributed by atoms with E-state index < -0.39 is 25.4 Å². The van der Waals surface area contributed by atoms with Crippen LogP contribution in [0.2, 0.25) is 0 Å². The van der Waals surface area contributed by atoms with Crippen molar-refractivity contribution in [3.05, 3.63) is 58.4 Å². The monoisotopic (exact) mass is 486 g/mol. The van der Waals surface area contributed by atoms with Crippen LogP contribution in [0.4, 0.5) is 5.69 Å². The summed E-state index contributed by atoms with van der Waals surface area (Å²) in [7, 11) is 2.10. The van der Waals surface area contributed by atoms with Gasteiger partial charge in [-0.3, -0.25) is 4.79 Å². The normalized spacial score (nSPS) is 14.5. The maximum Gasteiger partial charge on any atom is 0.220 e. The molecule has 7 nitrogen and oxygen atoms in total. The standard InChI is InChI=1S/C26H35N3O4S/c1-19-13-21(15-25-28(3)22-9-6-7-10-23(22)34-25)14-20(2)29(19)12-8-4-5-11-24(33)27-26(16-30,17-31)18-32/h6-7,9-10,13-15,30-32H,4-5,8,11-12,16-18H2,1-3H3/p+1. The van der Waals surface area contributed by atoms with Crippen LogP contribution in [0.3, 0.4) is 0 Å². The Labute approximate surface area is 206 Å². The highest BCUT2D eigenvalue weighted by molar-refractivity contribution is 8.03. The molecule has 0 unspecified atom stereocenters. The van der Waals surface area contributed by atoms with Crippen molar-refractivity contribution in [3.8, 4) is 0 Å². The lowest BCUT2D eigenvalue weighted by molar-refractivity contribution is -0.709. The first kappa shape index (κ1) is 26.2. The Hall–Kier alpha value is -2.39. The second-order valence-corrected chi connectivity index (χ2v) is 10.0. The zero-order valence-electron chi connectivity index (χ0n) is 20.3. The summed E-state index contributed by atoms with van der Waals surface area (Å²) in [6.45, 7) is 3.62. The molecule has 1 amide bonds. The SMILES string of the molecule is Cc1cc(C=C2Sc3ccccc3N2C)cc(C)[n+]1CCCCCC(=O)NC(CO)(CO)CO. The average molecular weight is 487 g/mol. The van der Waals surface area contributed by atoms with E-state index in [1.54, 1.807) is 11.8 Å². The van der Waals surface area contributed by atoms with Crippen LogP contribution < -0.4 is 14.8 Å². The molecule has 1 aliphatic rings. The van der Waals surface area contributed by atoms with Crippen molar-refractivity contribution in [1.82, 2.24) is 5.32 Å². The third kappa shape index (κ3) is 6.18. The topological polar surface area (TPSA) is 96.9 Å². The van der Waals surface area contributed by atoms with Gasteiger partial charge >= 0.3 is 0 Å². The van der Waals surface area contributed by atoms with Crippen LogP contribution in [0.5, 0.6) is 0 Å². The van der Waals surface area contributed by atoms with Crippen molar-refractivity contribution in [2.24, 2.45) is 0 Å². The van der Waals surface area contributed by atoms with Gasteiger partial charge in [-0.25, -0.2) is 4.57 Å². The number of fused-ring (bicyclic) bond motifs is 1. The molecule has 0 aliphatic carbocycles. The second kappa shape index (κ2) is 11.8. The summed E-state index contributed by atoms with van der Waals surface area (Å²) in [5.74, 6) is -0.272. The van der Waals surface area contributed by atoms with Crippen molar-refractivity contribution < 1.29 is 24.7 Å². The summed E-state index contributed by atoms with van der Waals surface area (Å²) in [6, 6.07) is 12.9. The minimum absolute atomic E-state index is 0.272. The number of aliphatic hydroxyl groups is 3. The summed E-state index contributed by atoms with van der Waals surface area (Å²) in [5.41, 5.74) is 3.47. The van der Waals surface area contributed by atoms with Gasteiger partial charge in [-0.15, -0.1) is 0 Å². The molecule has 8 heteroatoms. The van der Waals surface area contributed by atoms with Gasteiger partial charge in [-0.1, -0.05) is 23.9 Å². The third-order valence-corrected chi connectivity index (χ3v) is 7.43. The molecule has 184 valence electrons. The van der Waals surface area contributed by atoms with Crippen LogP contribution in [-0.4, -0.2) is 53.6 Å². The first-order valence-electron chi connectivity index (χ1n) is 11.7. The molecule has 0 radical (unpaired) electrons. The van der Waals surface area contributed by atoms with Crippen LogP contribution in [-0.2, 0) is 11.3 Å². The van der Waals surface area contributed by atoms with Crippen LogP contribution in [0.25, 0.3) is 6.08 Å². The molecule has 3 rings (SSSR count). The lowest BCUT2D eigenvalue weighted by Gasteiger charge is -2.28. The van der Waals surface area contributed by atoms with Gasteiger partial charge in [-0.2, -0.15) is 0 Å². The van der Waals surface area contributed by atoms with Gasteiger partial charge in [0.05, 0.1) is 30.5 Å². The number of rotatable bonds is 11. The largest absolute Gasteiger partial charge is 0.394 e. The number of anilines is 1. The summed E-state index contributed by atoms with van der Waals surface area (Å²) in [6.07, 6.45) is 5.06. The number of aliphatic hydroxyl groups excluding tert-OH is 3. The van der Waals surface area contributed by atoms with Gasteiger partial charge in [0, 0.05) is 50.8 Å². The predicted molar refractivity (Wildman–Crippen MR) is 135 cm³/mol. The zero-order chi connectivity index (χ0) is 24.7. The number of carbonyl (C=O) groups is 1. The molecule has 34 heavy (non-hydrogen) atoms. The molecule has 2 heterocycles. The number of aryl methyl sites for hydroxylation is 2. The molecule has 0 saturated heterocycles. The lowest BCUT2D eigenvalue weighted by atomic mass is 10.0. The minimum atomic E-state index is -1.35. The lowest BCUT2D eigenvalue weighted by Crippen LogP contribution is -2.57. The Balaban J connectivity index is 1.52. The zero-order valence-corrected chi connectivity index (χ0v) is 21.1. The molecule has 0 atom stereocenters. The Morgan fingerprint density at radius 2 is 1.71 bits per heavy atom. The fraction of sp³-hybridized carbons (Fsp3) is 0.462. The highest BCUT2D eigenvalue weighted by Crippen LogP contribution is 2.45. The Morgan fingerprint density at radius 3 is 2.32 bits per heavy atom. The molecule has 0 saturated carbocycles. The molecular weight excluding hydrogens is 450 g/mol. The number of unbranched alkanes of at least 4 members (excludes halogenated alkanes) is 2. The fourth-order valence-corrected chi connectivity index (χ4v) is 5.25. The number of nitrogens with zero attached hydrogens (tertiary/aromatic N) is 2. The first-order valence-corrected chi connectivity index (χ1v) is 12.5. The number of hydrogen-bond acceptors (Lipinski definition) is 6. The van der Waals surface area contributed by atoms with Crippen molar-refractivity contribution in [2.45, 2.75) is 56.5 Å². The van der Waals surface area contributed by atoms with Crippen molar-refractivity contribution in [1.29, 1.82) is 0 Å². The van der Waals surface area contributed by atoms with E-state index in [1.807, 2.05) is 0 Å². The van der Waals surface area contributed by atoms with Crippen LogP contribution in [0.15, 0.2) is 46.3 Å². The van der Waals surface area contributed by atoms with Crippen LogP contribution >= 0.6 is 11.8 Å². The average Bonchev–Trinajstić information content (AvgIpc) is 3.14. The summed E-state index contributed by atoms with van der Waals surface area (Å²) >= 11 is 1.79. The van der Waals surface area contributed by atoms with Crippen molar-refractivity contribution in [3.63, 3.8) is 0 Å². The minimum Gasteiger partial charge on any atom is -0.394 e. The van der Waals surface area contributed by atoms with E-state index in [2.05, 4.69) is 78.2 Å². The number of aromatic nitrogens is 1. The molecule has 1 aromatic heterocycles. The van der Waals surface area contributed by atoms with E-state index in [4.69, 9.17) is 0 Å². The van der Waals surface area contributed by atoms with Gasteiger partial charge in [0.15, 0.2) is 11.4 Å². The highest BCUT2D eigenvalue weighted by Gasteiger charge is 2.29. The van der Waals surface area contributed by atoms with Gasteiger partial charge in [0.1, 0.15) is 12.1 Å². The molecule has 0 bridgehead atoms. The van der Waals surface area contributed by atoms with Gasteiger partial charge in [-0.05, 0) is 36.6 Å². The van der Waals surface area contributed by atoms with E-state index in [1.165, 1.54) is 32.6 Å². The first-order chi connectivity index (χ1) is 16.3. The maximum absolute atomic E-state index is 12.1. The quantitative estimate of drug-likeness (QED) is 0.288. The van der Waals surface area contributed by atoms with E-state index in [0.29, 0.717) is 12.8 Å². The number of amides is 1. The van der Waals surface area contributed by atoms with Gasteiger partial charge < -0.3 is 25.5 Å². The fourth-order valence-electron chi connectivity index (χ4n) is 4.14. The van der Waals surface area contributed by atoms with Crippen LogP contribution in [0.1, 0.15) is 42.6 Å². The molecule has 1 aromatic carbocycles. The van der Waals surface area contributed by atoms with E-state index in [-0.39, 0.29) is 5.91 Å². The maximum atomic E-state index is 12.1. The molecule has 0 fully saturated rings. The number of benzene rings is 1. The Bertz CT molecular complexity index is 1010. The molecule has 0 spiro atoms. The third-order valence-electron chi connectivity index (χ3n) is 6.26. The van der Waals surface area contributed by atoms with E-state index in [0.717, 1.165) is 19.4 Å². The van der Waals surface area contributed by atoms with Gasteiger partial charge in [0.25, 0.3) is 0 Å². The highest BCUT2D eigenvalue weighted by atomic mass is 32.2. The van der Waals surface area contributed by atoms with E-state index >= 15 is 0 Å². The number of para-hydroxylation sites is 1. The molecule has 2 aromatic rings. The van der Waals surface area contributed by atoms with Gasteiger partial charge in [0.2, 0.25) is 5.91 Å². The summed E-state index contributed by atoms with van der Waals surface area (Å²) < 4.78 is 2.30. The van der Waals surface area contributed by atoms with Crippen LogP contribution in [0, 0.1) is 13.8 Å². The molecule has 4 N–H and O–H groups in total. The molecule has 1 aliphatic heterocycles. The Morgan fingerprint density at radius 1 is 1.06 bits per heavy atom. The second-order valence-electron chi connectivity index (χ2n) is 8.95. The number of hydrogen-bond donors (Lipinski definition) is 4. The number of pyridine rings is 1. The Kier molecular flexibility index (Phi) is 9.13. The predicted octanol–water partition coefficient (Wildman–Crippen LogP) is 2.52. The molecular formula is C26H36N3O4S+. The smallest absolute Gasteiger partial charge is 0.220 e. The summed E-state index contributed by atoms with van der Waals surface area (Å²) in [4.78, 5) is 15.6.